The maximum absolute atomic E-state index is 14.7. The number of halogens is 3. The first-order valence-corrected chi connectivity index (χ1v) is 14.6. The first kappa shape index (κ1) is 29.1. The smallest absolute Gasteiger partial charge is 0.262 e. The van der Waals surface area contributed by atoms with Crippen LogP contribution in [0, 0.1) is 0 Å². The Kier molecular flexibility index (Phi) is 9.22. The molecule has 2 atom stereocenters. The summed E-state index contributed by atoms with van der Waals surface area (Å²) in [6, 6.07) is 20.1. The Morgan fingerprint density at radius 1 is 0.875 bits per heavy atom. The quantitative estimate of drug-likeness (QED) is 0.336. The van der Waals surface area contributed by atoms with Crippen molar-refractivity contribution in [3.8, 4) is 5.75 Å². The second kappa shape index (κ2) is 12.7. The minimum absolute atomic E-state index is 0.0923. The molecule has 0 spiro atoms. The Morgan fingerprint density at radius 2 is 1.40 bits per heavy atom. The van der Waals surface area contributed by atoms with Crippen LogP contribution in [0.1, 0.15) is 35.7 Å². The molecule has 212 valence electrons. The summed E-state index contributed by atoms with van der Waals surface area (Å²) in [5.41, 5.74) is 1.30. The molecule has 2 unspecified atom stereocenters. The van der Waals surface area contributed by atoms with Gasteiger partial charge < -0.3 is 14.7 Å². The number of carbonyl (C=O) groups excluding carboxylic acids is 1. The molecule has 40 heavy (non-hydrogen) atoms. The number of rotatable bonds is 8. The van der Waals surface area contributed by atoms with Crippen LogP contribution in [0.3, 0.4) is 0 Å². The Bertz CT molecular complexity index is 1260. The summed E-state index contributed by atoms with van der Waals surface area (Å²) in [7, 11) is 0. The van der Waals surface area contributed by atoms with Crippen LogP contribution in [0.15, 0.2) is 66.7 Å². The summed E-state index contributed by atoms with van der Waals surface area (Å²) in [4.78, 5) is 18.7. The highest BCUT2D eigenvalue weighted by atomic mass is 35.5. The van der Waals surface area contributed by atoms with Crippen molar-refractivity contribution in [2.24, 2.45) is 0 Å². The highest BCUT2D eigenvalue weighted by molar-refractivity contribution is 6.31. The van der Waals surface area contributed by atoms with Gasteiger partial charge in [-0.15, -0.1) is 0 Å². The molecule has 3 aromatic rings. The molecule has 2 aliphatic rings. The molecule has 3 N–H and O–H groups in total. The lowest BCUT2D eigenvalue weighted by Gasteiger charge is -2.40. The van der Waals surface area contributed by atoms with E-state index < -0.39 is 5.66 Å². The number of nitrogens with one attached hydrogen (secondary N) is 2. The normalized spacial score (nSPS) is 23.4. The van der Waals surface area contributed by atoms with Gasteiger partial charge in [0.15, 0.2) is 5.66 Å². The van der Waals surface area contributed by atoms with Gasteiger partial charge in [-0.3, -0.25) is 20.3 Å². The van der Waals surface area contributed by atoms with Crippen molar-refractivity contribution in [2.45, 2.75) is 24.7 Å². The predicted molar refractivity (Wildman–Crippen MR) is 159 cm³/mol. The van der Waals surface area contributed by atoms with Crippen LogP contribution in [-0.4, -0.2) is 66.8 Å². The lowest BCUT2D eigenvalue weighted by molar-refractivity contribution is -0.141. The van der Waals surface area contributed by atoms with E-state index in [0.29, 0.717) is 65.7 Å². The largest absolute Gasteiger partial charge is 0.493 e. The number of amides is 1. The van der Waals surface area contributed by atoms with Gasteiger partial charge in [-0.25, -0.2) is 0 Å². The number of hydrogen-bond acceptors (Lipinski definition) is 6. The fourth-order valence-electron chi connectivity index (χ4n) is 5.59. The van der Waals surface area contributed by atoms with Crippen molar-refractivity contribution in [3.05, 3.63) is 98.5 Å². The van der Waals surface area contributed by atoms with Crippen LogP contribution in [0.4, 0.5) is 0 Å². The first-order valence-electron chi connectivity index (χ1n) is 13.5. The molecule has 0 bridgehead atoms. The van der Waals surface area contributed by atoms with E-state index in [2.05, 4.69) is 15.5 Å². The van der Waals surface area contributed by atoms with Crippen molar-refractivity contribution >= 4 is 40.7 Å². The molecule has 2 saturated heterocycles. The number of benzene rings is 3. The standard InChI is InChI=1S/C30H33Cl3N4O3/c1-2-40-26-19-24(33)11-12-25(26)30(29(39)37-15-13-36(14-16-37)17-18-38)34-27(20-3-7-22(31)8-4-20)28(35-30)21-5-9-23(32)10-6-21/h3-12,19,27-28,34-35,38H,2,13-18H2,1H3. The lowest BCUT2D eigenvalue weighted by Crippen LogP contribution is -2.62. The number of carbonyl (C=O) groups is 1. The Labute approximate surface area is 250 Å². The Morgan fingerprint density at radius 3 is 1.90 bits per heavy atom. The van der Waals surface area contributed by atoms with E-state index in [0.717, 1.165) is 11.1 Å². The highest BCUT2D eigenvalue weighted by Gasteiger charge is 2.54. The van der Waals surface area contributed by atoms with Gasteiger partial charge in [0, 0.05) is 53.4 Å². The molecular weight excluding hydrogens is 571 g/mol. The van der Waals surface area contributed by atoms with E-state index in [-0.39, 0.29) is 24.6 Å². The molecule has 0 aromatic heterocycles. The third-order valence-electron chi connectivity index (χ3n) is 7.58. The van der Waals surface area contributed by atoms with E-state index in [1.807, 2.05) is 66.4 Å². The van der Waals surface area contributed by atoms with Crippen molar-refractivity contribution in [1.29, 1.82) is 0 Å². The van der Waals surface area contributed by atoms with Gasteiger partial charge in [0.2, 0.25) is 0 Å². The molecule has 2 fully saturated rings. The summed E-state index contributed by atoms with van der Waals surface area (Å²) in [5, 5.41) is 18.6. The molecule has 0 radical (unpaired) electrons. The molecule has 7 nitrogen and oxygen atoms in total. The molecule has 10 heteroatoms. The Hall–Kier alpha value is -2.36. The third kappa shape index (κ3) is 5.97. The number of ether oxygens (including phenoxy) is 1. The van der Waals surface area contributed by atoms with Gasteiger partial charge in [0.25, 0.3) is 5.91 Å². The van der Waals surface area contributed by atoms with Crippen molar-refractivity contribution < 1.29 is 14.6 Å². The van der Waals surface area contributed by atoms with E-state index >= 15 is 0 Å². The maximum Gasteiger partial charge on any atom is 0.262 e. The average Bonchev–Trinajstić information content (AvgIpc) is 3.36. The zero-order chi connectivity index (χ0) is 28.3. The molecular formula is C30H33Cl3N4O3. The summed E-state index contributed by atoms with van der Waals surface area (Å²) in [6.07, 6.45) is 0. The van der Waals surface area contributed by atoms with E-state index in [9.17, 15) is 9.90 Å². The van der Waals surface area contributed by atoms with Gasteiger partial charge >= 0.3 is 0 Å². The fraction of sp³-hybridized carbons (Fsp3) is 0.367. The SMILES string of the molecule is CCOc1cc(Cl)ccc1C1(C(=O)N2CCN(CCO)CC2)NC(c2ccc(Cl)cc2)C(c2ccc(Cl)cc2)N1. The van der Waals surface area contributed by atoms with Crippen LogP contribution < -0.4 is 15.4 Å². The lowest BCUT2D eigenvalue weighted by atomic mass is 9.95. The summed E-state index contributed by atoms with van der Waals surface area (Å²) < 4.78 is 6.05. The van der Waals surface area contributed by atoms with Crippen LogP contribution in [0.25, 0.3) is 0 Å². The molecule has 5 rings (SSSR count). The topological polar surface area (TPSA) is 77.1 Å². The van der Waals surface area contributed by atoms with Crippen LogP contribution in [-0.2, 0) is 10.5 Å². The molecule has 0 aliphatic carbocycles. The number of hydrogen-bond donors (Lipinski definition) is 3. The molecule has 2 heterocycles. The zero-order valence-corrected chi connectivity index (χ0v) is 24.5. The van der Waals surface area contributed by atoms with Gasteiger partial charge in [-0.1, -0.05) is 65.1 Å². The summed E-state index contributed by atoms with van der Waals surface area (Å²) in [6.45, 7) is 5.45. The molecule has 2 aliphatic heterocycles. The van der Waals surface area contributed by atoms with Crippen molar-refractivity contribution in [1.82, 2.24) is 20.4 Å². The van der Waals surface area contributed by atoms with E-state index in [4.69, 9.17) is 39.5 Å². The molecule has 3 aromatic carbocycles. The number of aliphatic hydroxyl groups excluding tert-OH is 1. The van der Waals surface area contributed by atoms with E-state index in [1.165, 1.54) is 0 Å². The third-order valence-corrected chi connectivity index (χ3v) is 8.32. The van der Waals surface area contributed by atoms with Gasteiger partial charge in [-0.2, -0.15) is 0 Å². The Balaban J connectivity index is 1.62. The van der Waals surface area contributed by atoms with Crippen molar-refractivity contribution in [2.75, 3.05) is 45.9 Å². The van der Waals surface area contributed by atoms with Crippen LogP contribution in [0.5, 0.6) is 5.75 Å². The second-order valence-electron chi connectivity index (χ2n) is 10.0. The van der Waals surface area contributed by atoms with Gasteiger partial charge in [0.05, 0.1) is 25.3 Å². The monoisotopic (exact) mass is 602 g/mol. The van der Waals surface area contributed by atoms with E-state index in [1.54, 1.807) is 12.1 Å². The highest BCUT2D eigenvalue weighted by Crippen LogP contribution is 2.45. The first-order chi connectivity index (χ1) is 19.3. The number of piperazine rings is 1. The minimum atomic E-state index is -1.32. The zero-order valence-electron chi connectivity index (χ0n) is 22.2. The summed E-state index contributed by atoms with van der Waals surface area (Å²) in [5.74, 6) is 0.434. The molecule has 1 amide bonds. The number of nitrogens with zero attached hydrogens (tertiary/aromatic N) is 2. The average molecular weight is 604 g/mol. The van der Waals surface area contributed by atoms with Gasteiger partial charge in [0.1, 0.15) is 5.75 Å². The predicted octanol–water partition coefficient (Wildman–Crippen LogP) is 5.01. The summed E-state index contributed by atoms with van der Waals surface area (Å²) >= 11 is 18.9. The number of β-amino-alcohol motifs (C(OH)–C–C–N with tert-alkyl or cyclic N) is 1. The van der Waals surface area contributed by atoms with Crippen molar-refractivity contribution in [3.63, 3.8) is 0 Å². The number of aliphatic hydroxyl groups is 1. The van der Waals surface area contributed by atoms with Crippen LogP contribution in [0.2, 0.25) is 15.1 Å². The van der Waals surface area contributed by atoms with Gasteiger partial charge in [-0.05, 0) is 54.4 Å². The minimum Gasteiger partial charge on any atom is -0.493 e. The van der Waals surface area contributed by atoms with Crippen LogP contribution >= 0.6 is 34.8 Å². The fourth-order valence-corrected chi connectivity index (χ4v) is 6.01. The maximum atomic E-state index is 14.7. The molecule has 0 saturated carbocycles. The second-order valence-corrected chi connectivity index (χ2v) is 11.3.